The number of nitro benzene ring substituents is 1. The van der Waals surface area contributed by atoms with Crippen LogP contribution in [0, 0.1) is 24.0 Å². The van der Waals surface area contributed by atoms with Crippen LogP contribution < -0.4 is 24.4 Å². The van der Waals surface area contributed by atoms with Crippen molar-refractivity contribution in [1.29, 1.82) is 0 Å². The van der Waals surface area contributed by atoms with Gasteiger partial charge in [0.2, 0.25) is 0 Å². The summed E-state index contributed by atoms with van der Waals surface area (Å²) in [5.41, 5.74) is 3.89. The molecule has 0 bridgehead atoms. The van der Waals surface area contributed by atoms with Gasteiger partial charge in [-0.25, -0.2) is 9.79 Å². The number of hydrogen-bond acceptors (Lipinski definition) is 9. The maximum atomic E-state index is 14.0. The molecular formula is C31H30N4O7S. The van der Waals surface area contributed by atoms with E-state index in [-0.39, 0.29) is 16.8 Å². The fourth-order valence-electron chi connectivity index (χ4n) is 5.18. The zero-order chi connectivity index (χ0) is 30.8. The summed E-state index contributed by atoms with van der Waals surface area (Å²) in [7, 11) is 1.29. The maximum Gasteiger partial charge on any atom is 0.337 e. The van der Waals surface area contributed by atoms with Gasteiger partial charge in [0.05, 0.1) is 41.4 Å². The van der Waals surface area contributed by atoms with Crippen molar-refractivity contribution in [2.24, 2.45) is 4.99 Å². The highest BCUT2D eigenvalue weighted by Gasteiger charge is 2.31. The van der Waals surface area contributed by atoms with E-state index in [4.69, 9.17) is 14.2 Å². The van der Waals surface area contributed by atoms with E-state index in [1.807, 2.05) is 38.3 Å². The van der Waals surface area contributed by atoms with Gasteiger partial charge in [0.1, 0.15) is 0 Å². The lowest BCUT2D eigenvalue weighted by atomic mass is 9.97. The largest absolute Gasteiger partial charge is 0.490 e. The first kappa shape index (κ1) is 29.5. The number of thiazole rings is 1. The van der Waals surface area contributed by atoms with Crippen LogP contribution in [0.3, 0.4) is 0 Å². The fourth-order valence-corrected chi connectivity index (χ4v) is 6.14. The molecule has 3 heterocycles. The lowest BCUT2D eigenvalue weighted by Crippen LogP contribution is -2.39. The normalized spacial score (nSPS) is 14.5. The highest BCUT2D eigenvalue weighted by Crippen LogP contribution is 2.35. The molecule has 4 aromatic rings. The number of aryl methyl sites for hydroxylation is 1. The van der Waals surface area contributed by atoms with Gasteiger partial charge in [-0.15, -0.1) is 0 Å². The first-order valence-corrected chi connectivity index (χ1v) is 14.4. The quantitative estimate of drug-likeness (QED) is 0.160. The van der Waals surface area contributed by atoms with E-state index in [0.29, 0.717) is 39.6 Å². The smallest absolute Gasteiger partial charge is 0.337 e. The van der Waals surface area contributed by atoms with Crippen LogP contribution in [0.4, 0.5) is 5.69 Å². The van der Waals surface area contributed by atoms with Crippen molar-refractivity contribution in [3.63, 3.8) is 0 Å². The number of aromatic nitrogens is 2. The lowest BCUT2D eigenvalue weighted by Gasteiger charge is -2.23. The number of hydrogen-bond donors (Lipinski definition) is 0. The molecule has 0 saturated carbocycles. The number of rotatable bonds is 9. The third-order valence-electron chi connectivity index (χ3n) is 7.08. The number of benzene rings is 2. The minimum atomic E-state index is -0.798. The molecule has 0 radical (unpaired) electrons. The van der Waals surface area contributed by atoms with Crippen molar-refractivity contribution >= 4 is 29.1 Å². The van der Waals surface area contributed by atoms with Crippen molar-refractivity contribution in [3.8, 4) is 17.2 Å². The molecule has 43 heavy (non-hydrogen) atoms. The van der Waals surface area contributed by atoms with Crippen LogP contribution in [-0.4, -0.2) is 40.4 Å². The van der Waals surface area contributed by atoms with Gasteiger partial charge in [-0.2, -0.15) is 0 Å². The number of nitrogens with zero attached hydrogens (tertiary/aromatic N) is 4. The summed E-state index contributed by atoms with van der Waals surface area (Å²) in [6.07, 6.45) is 3.25. The Bertz CT molecular complexity index is 1930. The Balaban J connectivity index is 1.63. The van der Waals surface area contributed by atoms with Gasteiger partial charge in [-0.1, -0.05) is 17.4 Å². The van der Waals surface area contributed by atoms with Crippen LogP contribution in [0.15, 0.2) is 70.1 Å². The minimum Gasteiger partial charge on any atom is -0.490 e. The SMILES string of the molecule is CCOc1ccc([C@@H]2C(C(=O)OC)=CN=c3s/c(=C/c4cc(C)n(-c5ccc([N+](=O)[O-])cc5)c4C)c(=O)n32)cc1OCC. The summed E-state index contributed by atoms with van der Waals surface area (Å²) < 4.78 is 20.5. The molecule has 0 aliphatic carbocycles. The van der Waals surface area contributed by atoms with Crippen molar-refractivity contribution in [1.82, 2.24) is 9.13 Å². The van der Waals surface area contributed by atoms with Crippen molar-refractivity contribution in [2.45, 2.75) is 33.7 Å². The summed E-state index contributed by atoms with van der Waals surface area (Å²) in [5, 5.41) is 11.1. The number of carbonyl (C=O) groups is 1. The molecule has 0 N–H and O–H groups in total. The van der Waals surface area contributed by atoms with Gasteiger partial charge in [0.25, 0.3) is 11.2 Å². The van der Waals surface area contributed by atoms with Crippen LogP contribution in [-0.2, 0) is 9.53 Å². The van der Waals surface area contributed by atoms with Crippen molar-refractivity contribution in [2.75, 3.05) is 20.3 Å². The molecule has 0 saturated heterocycles. The Morgan fingerprint density at radius 3 is 2.42 bits per heavy atom. The van der Waals surface area contributed by atoms with E-state index in [9.17, 15) is 19.7 Å². The molecule has 0 unspecified atom stereocenters. The fraction of sp³-hybridized carbons (Fsp3) is 0.258. The van der Waals surface area contributed by atoms with E-state index >= 15 is 0 Å². The monoisotopic (exact) mass is 602 g/mol. The molecule has 5 rings (SSSR count). The molecule has 0 fully saturated rings. The van der Waals surface area contributed by atoms with E-state index in [1.54, 1.807) is 36.4 Å². The Morgan fingerprint density at radius 2 is 1.77 bits per heavy atom. The van der Waals surface area contributed by atoms with Crippen LogP contribution >= 0.6 is 11.3 Å². The van der Waals surface area contributed by atoms with Crippen molar-refractivity contribution < 1.29 is 23.9 Å². The molecule has 2 aromatic heterocycles. The van der Waals surface area contributed by atoms with E-state index in [1.165, 1.54) is 41.3 Å². The Hall–Kier alpha value is -4.97. The van der Waals surface area contributed by atoms with Crippen LogP contribution in [0.25, 0.3) is 11.8 Å². The first-order chi connectivity index (χ1) is 20.7. The Labute approximate surface area is 250 Å². The predicted octanol–water partition coefficient (Wildman–Crippen LogP) is 4.13. The molecule has 222 valence electrons. The average molecular weight is 603 g/mol. The van der Waals surface area contributed by atoms with Crippen LogP contribution in [0.2, 0.25) is 0 Å². The number of ether oxygens (including phenoxy) is 3. The molecule has 0 amide bonds. The summed E-state index contributed by atoms with van der Waals surface area (Å²) in [6.45, 7) is 8.45. The molecule has 2 aromatic carbocycles. The molecule has 11 nitrogen and oxygen atoms in total. The summed E-state index contributed by atoms with van der Waals surface area (Å²) >= 11 is 1.22. The van der Waals surface area contributed by atoms with Gasteiger partial charge >= 0.3 is 5.97 Å². The number of esters is 1. The topological polar surface area (TPSA) is 127 Å². The number of carbonyl (C=O) groups excluding carboxylic acids is 1. The van der Waals surface area contributed by atoms with Gasteiger partial charge < -0.3 is 18.8 Å². The zero-order valence-electron chi connectivity index (χ0n) is 24.3. The molecule has 12 heteroatoms. The molecule has 1 aliphatic rings. The lowest BCUT2D eigenvalue weighted by molar-refractivity contribution is -0.384. The minimum absolute atomic E-state index is 0.00864. The second kappa shape index (κ2) is 12.1. The van der Waals surface area contributed by atoms with Crippen LogP contribution in [0.5, 0.6) is 11.5 Å². The highest BCUT2D eigenvalue weighted by atomic mass is 32.1. The Morgan fingerprint density at radius 1 is 1.07 bits per heavy atom. The molecular weight excluding hydrogens is 572 g/mol. The summed E-state index contributed by atoms with van der Waals surface area (Å²) in [6, 6.07) is 12.8. The zero-order valence-corrected chi connectivity index (χ0v) is 25.1. The molecule has 1 atom stereocenters. The first-order valence-electron chi connectivity index (χ1n) is 13.6. The average Bonchev–Trinajstić information content (AvgIpc) is 3.47. The third kappa shape index (κ3) is 5.48. The Kier molecular flexibility index (Phi) is 8.31. The second-order valence-electron chi connectivity index (χ2n) is 9.68. The molecule has 0 spiro atoms. The highest BCUT2D eigenvalue weighted by molar-refractivity contribution is 7.07. The third-order valence-corrected chi connectivity index (χ3v) is 8.08. The van der Waals surface area contributed by atoms with E-state index < -0.39 is 16.9 Å². The number of fused-ring (bicyclic) bond motifs is 1. The van der Waals surface area contributed by atoms with E-state index in [0.717, 1.165) is 22.6 Å². The number of non-ortho nitro benzene ring substituents is 1. The number of nitro groups is 1. The van der Waals surface area contributed by atoms with Gasteiger partial charge in [-0.3, -0.25) is 19.5 Å². The van der Waals surface area contributed by atoms with Crippen LogP contribution in [0.1, 0.15) is 42.4 Å². The van der Waals surface area contributed by atoms with Gasteiger partial charge in [0, 0.05) is 35.4 Å². The standard InChI is InChI=1S/C31H30N4O7S/c1-6-41-25-13-8-20(15-26(25)42-7-2)28-24(30(37)40-5)17-32-31-34(28)29(36)27(43-31)16-21-14-18(3)33(19(21)4)22-9-11-23(12-10-22)35(38)39/h8-17,28H,6-7H2,1-5H3/b27-16+/t28-/m1/s1. The van der Waals surface area contributed by atoms with Crippen molar-refractivity contribution in [3.05, 3.63) is 113 Å². The number of methoxy groups -OCH3 is 1. The van der Waals surface area contributed by atoms with Gasteiger partial charge in [0.15, 0.2) is 16.3 Å². The van der Waals surface area contributed by atoms with E-state index in [2.05, 4.69) is 4.99 Å². The maximum absolute atomic E-state index is 14.0. The second-order valence-corrected chi connectivity index (χ2v) is 10.7. The molecule has 1 aliphatic heterocycles. The predicted molar refractivity (Wildman–Crippen MR) is 162 cm³/mol. The summed E-state index contributed by atoms with van der Waals surface area (Å²) in [4.78, 5) is 42.4. The summed E-state index contributed by atoms with van der Waals surface area (Å²) in [5.74, 6) is 0.470. The van der Waals surface area contributed by atoms with Gasteiger partial charge in [-0.05, 0) is 75.2 Å².